The van der Waals surface area contributed by atoms with Crippen molar-refractivity contribution < 1.29 is 21.2 Å². The van der Waals surface area contributed by atoms with E-state index in [-0.39, 0.29) is 21.2 Å². The van der Waals surface area contributed by atoms with E-state index in [9.17, 15) is 21.2 Å². The molecule has 0 aliphatic carbocycles. The number of aryl methyl sites for hydroxylation is 1. The minimum absolute atomic E-state index is 0.0977. The zero-order valence-corrected chi connectivity index (χ0v) is 16.4. The van der Waals surface area contributed by atoms with Crippen molar-refractivity contribution in [3.63, 3.8) is 0 Å². The molecule has 0 aromatic heterocycles. The number of nitrogens with one attached hydrogen (secondary N) is 1. The molecule has 6 nitrogen and oxygen atoms in total. The Balaban J connectivity index is 2.42. The topological polar surface area (TPSA) is 83.5 Å². The Morgan fingerprint density at radius 1 is 0.962 bits per heavy atom. The lowest BCUT2D eigenvalue weighted by Gasteiger charge is -2.13. The average Bonchev–Trinajstić information content (AvgIpc) is 2.54. The number of halogens is 1. The van der Waals surface area contributed by atoms with Gasteiger partial charge in [-0.15, -0.1) is 0 Å². The van der Waals surface area contributed by atoms with Gasteiger partial charge in [0.05, 0.1) is 14.7 Å². The molecule has 0 saturated carbocycles. The highest BCUT2D eigenvalue weighted by Gasteiger charge is 2.23. The fourth-order valence-corrected chi connectivity index (χ4v) is 4.92. The zero-order chi connectivity index (χ0) is 19.5. The Hall–Kier alpha value is -1.81. The van der Waals surface area contributed by atoms with Crippen LogP contribution in [0.2, 0.25) is 0 Å². The Morgan fingerprint density at radius 2 is 1.54 bits per heavy atom. The van der Waals surface area contributed by atoms with Crippen LogP contribution < -0.4 is 4.72 Å². The summed E-state index contributed by atoms with van der Waals surface area (Å²) < 4.78 is 65.9. The molecule has 0 amide bonds. The number of hydrogen-bond acceptors (Lipinski definition) is 5. The molecule has 1 N–H and O–H groups in total. The molecule has 0 heterocycles. The average molecular weight is 400 g/mol. The minimum Gasteiger partial charge on any atom is -0.308 e. The van der Waals surface area contributed by atoms with Gasteiger partial charge in [0.25, 0.3) is 0 Å². The van der Waals surface area contributed by atoms with Gasteiger partial charge in [0.2, 0.25) is 19.9 Å². The first-order chi connectivity index (χ1) is 12.0. The first kappa shape index (κ1) is 20.5. The molecule has 0 unspecified atom stereocenters. The molecule has 0 fully saturated rings. The van der Waals surface area contributed by atoms with Gasteiger partial charge in [-0.1, -0.05) is 6.07 Å². The number of rotatable bonds is 7. The molecular weight excluding hydrogens is 379 g/mol. The minimum atomic E-state index is -3.96. The third-order valence-corrected chi connectivity index (χ3v) is 7.10. The molecule has 2 aromatic rings. The summed E-state index contributed by atoms with van der Waals surface area (Å²) in [4.78, 5) is 1.46. The van der Waals surface area contributed by atoms with Crippen LogP contribution in [0.3, 0.4) is 0 Å². The lowest BCUT2D eigenvalue weighted by molar-refractivity contribution is 0.412. The molecule has 0 aliphatic rings. The van der Waals surface area contributed by atoms with E-state index in [4.69, 9.17) is 0 Å². The Bertz CT molecular complexity index is 986. The van der Waals surface area contributed by atoms with E-state index in [2.05, 4.69) is 4.72 Å². The van der Waals surface area contributed by atoms with E-state index in [1.807, 2.05) is 19.0 Å². The molecule has 0 aliphatic heterocycles. The summed E-state index contributed by atoms with van der Waals surface area (Å²) in [6.45, 7) is 2.30. The number of sulfonamides is 1. The number of benzene rings is 2. The largest absolute Gasteiger partial charge is 0.308 e. The standard InChI is InChI=1S/C17H21FN2O4S2/c1-13-4-7-16(25(21,22)15-8-5-14(18)6-9-15)12-17(13)26(23,24)19-10-11-20(2)3/h4-9,12,19H,10-11H2,1-3H3. The predicted octanol–water partition coefficient (Wildman–Crippen LogP) is 1.81. The molecular formula is C17H21FN2O4S2. The molecule has 0 radical (unpaired) electrons. The number of nitrogens with zero attached hydrogens (tertiary/aromatic N) is 1. The van der Waals surface area contributed by atoms with Crippen LogP contribution >= 0.6 is 0 Å². The maximum atomic E-state index is 13.0. The second-order valence-electron chi connectivity index (χ2n) is 6.09. The van der Waals surface area contributed by atoms with Crippen molar-refractivity contribution in [1.29, 1.82) is 0 Å². The van der Waals surface area contributed by atoms with E-state index >= 15 is 0 Å². The Labute approximate surface area is 153 Å². The Morgan fingerprint density at radius 3 is 2.12 bits per heavy atom. The Kier molecular flexibility index (Phi) is 6.17. The molecule has 26 heavy (non-hydrogen) atoms. The van der Waals surface area contributed by atoms with Gasteiger partial charge in [0, 0.05) is 13.1 Å². The summed E-state index contributed by atoms with van der Waals surface area (Å²) in [6, 6.07) is 8.29. The van der Waals surface area contributed by atoms with Crippen LogP contribution in [-0.2, 0) is 19.9 Å². The smallest absolute Gasteiger partial charge is 0.240 e. The highest BCUT2D eigenvalue weighted by molar-refractivity contribution is 7.91. The molecule has 0 spiro atoms. The molecule has 0 bridgehead atoms. The van der Waals surface area contributed by atoms with Crippen molar-refractivity contribution in [1.82, 2.24) is 9.62 Å². The summed E-state index contributed by atoms with van der Waals surface area (Å²) in [7, 11) is -4.19. The number of hydrogen-bond donors (Lipinski definition) is 1. The molecule has 9 heteroatoms. The highest BCUT2D eigenvalue weighted by Crippen LogP contribution is 2.25. The van der Waals surface area contributed by atoms with Crippen LogP contribution in [0.15, 0.2) is 57.2 Å². The van der Waals surface area contributed by atoms with E-state index < -0.39 is 25.7 Å². The van der Waals surface area contributed by atoms with E-state index in [0.29, 0.717) is 12.1 Å². The maximum Gasteiger partial charge on any atom is 0.240 e. The first-order valence-corrected chi connectivity index (χ1v) is 10.8. The second-order valence-corrected chi connectivity index (χ2v) is 9.77. The summed E-state index contributed by atoms with van der Waals surface area (Å²) in [5, 5.41) is 0. The maximum absolute atomic E-state index is 13.0. The van der Waals surface area contributed by atoms with Crippen molar-refractivity contribution in [3.8, 4) is 0 Å². The molecule has 0 saturated heterocycles. The van der Waals surface area contributed by atoms with Gasteiger partial charge in [-0.05, 0) is 63.0 Å². The van der Waals surface area contributed by atoms with Crippen molar-refractivity contribution in [2.45, 2.75) is 21.6 Å². The van der Waals surface area contributed by atoms with E-state index in [1.54, 1.807) is 6.92 Å². The van der Waals surface area contributed by atoms with Crippen molar-refractivity contribution >= 4 is 19.9 Å². The fourth-order valence-electron chi connectivity index (χ4n) is 2.27. The van der Waals surface area contributed by atoms with Crippen LogP contribution in [0, 0.1) is 12.7 Å². The lowest BCUT2D eigenvalue weighted by atomic mass is 10.2. The summed E-state index contributed by atoms with van der Waals surface area (Å²) in [5.41, 5.74) is 0.431. The normalized spacial score (nSPS) is 12.5. The zero-order valence-electron chi connectivity index (χ0n) is 14.7. The lowest BCUT2D eigenvalue weighted by Crippen LogP contribution is -2.31. The van der Waals surface area contributed by atoms with Crippen molar-refractivity contribution in [2.75, 3.05) is 27.2 Å². The monoisotopic (exact) mass is 400 g/mol. The quantitative estimate of drug-likeness (QED) is 0.717. The van der Waals surface area contributed by atoms with Gasteiger partial charge in [-0.3, -0.25) is 0 Å². The highest BCUT2D eigenvalue weighted by atomic mass is 32.2. The number of sulfone groups is 1. The van der Waals surface area contributed by atoms with Crippen molar-refractivity contribution in [2.24, 2.45) is 0 Å². The third kappa shape index (κ3) is 4.67. The second kappa shape index (κ2) is 7.83. The van der Waals surface area contributed by atoms with E-state index in [1.165, 1.54) is 12.1 Å². The van der Waals surface area contributed by atoms with E-state index in [0.717, 1.165) is 30.3 Å². The van der Waals surface area contributed by atoms with Gasteiger partial charge in [-0.25, -0.2) is 25.9 Å². The van der Waals surface area contributed by atoms with Crippen LogP contribution in [0.4, 0.5) is 4.39 Å². The molecule has 2 rings (SSSR count). The predicted molar refractivity (Wildman–Crippen MR) is 96.8 cm³/mol. The van der Waals surface area contributed by atoms with Gasteiger partial charge < -0.3 is 4.90 Å². The first-order valence-electron chi connectivity index (χ1n) is 7.80. The van der Waals surface area contributed by atoms with Crippen LogP contribution in [0.25, 0.3) is 0 Å². The fraction of sp³-hybridized carbons (Fsp3) is 0.294. The molecule has 0 atom stereocenters. The van der Waals surface area contributed by atoms with Gasteiger partial charge >= 0.3 is 0 Å². The van der Waals surface area contributed by atoms with Gasteiger partial charge in [-0.2, -0.15) is 0 Å². The van der Waals surface area contributed by atoms with Gasteiger partial charge in [0.1, 0.15) is 5.82 Å². The SMILES string of the molecule is Cc1ccc(S(=O)(=O)c2ccc(F)cc2)cc1S(=O)(=O)NCCN(C)C. The van der Waals surface area contributed by atoms with Crippen LogP contribution in [0.5, 0.6) is 0 Å². The molecule has 2 aromatic carbocycles. The van der Waals surface area contributed by atoms with Gasteiger partial charge in [0.15, 0.2) is 0 Å². The number of likely N-dealkylation sites (N-methyl/N-ethyl adjacent to an activating group) is 1. The summed E-state index contributed by atoms with van der Waals surface area (Å²) >= 11 is 0. The summed E-state index contributed by atoms with van der Waals surface area (Å²) in [6.07, 6.45) is 0. The van der Waals surface area contributed by atoms with Crippen LogP contribution in [0.1, 0.15) is 5.56 Å². The van der Waals surface area contributed by atoms with Crippen molar-refractivity contribution in [3.05, 3.63) is 53.8 Å². The molecule has 142 valence electrons. The van der Waals surface area contributed by atoms with Crippen LogP contribution in [-0.4, -0.2) is 48.9 Å². The third-order valence-electron chi connectivity index (χ3n) is 3.73. The summed E-state index contributed by atoms with van der Waals surface area (Å²) in [5.74, 6) is -0.554.